The first-order valence-corrected chi connectivity index (χ1v) is 4.67. The summed E-state index contributed by atoms with van der Waals surface area (Å²) in [4.78, 5) is 16.4. The van der Waals surface area contributed by atoms with Crippen molar-refractivity contribution in [1.29, 1.82) is 0 Å². The molecule has 82 valence electrons. The third-order valence-electron chi connectivity index (χ3n) is 1.96. The van der Waals surface area contributed by atoms with Crippen LogP contribution in [0.2, 0.25) is 0 Å². The SMILES string of the molecule is COc1nccnc1-c1cc(N)nc(C)n1. The minimum Gasteiger partial charge on any atom is -0.479 e. The molecule has 2 N–H and O–H groups in total. The van der Waals surface area contributed by atoms with Crippen molar-refractivity contribution in [3.05, 3.63) is 24.3 Å². The Balaban J connectivity index is 2.58. The second-order valence-corrected chi connectivity index (χ2v) is 3.14. The van der Waals surface area contributed by atoms with Crippen LogP contribution in [0.15, 0.2) is 18.5 Å². The number of rotatable bonds is 2. The molecule has 0 radical (unpaired) electrons. The van der Waals surface area contributed by atoms with Crippen LogP contribution in [-0.4, -0.2) is 27.0 Å². The molecule has 0 fully saturated rings. The van der Waals surface area contributed by atoms with Gasteiger partial charge in [0.15, 0.2) is 5.69 Å². The normalized spacial score (nSPS) is 10.1. The quantitative estimate of drug-likeness (QED) is 0.801. The largest absolute Gasteiger partial charge is 0.479 e. The van der Waals surface area contributed by atoms with Gasteiger partial charge in [-0.25, -0.2) is 19.9 Å². The molecule has 0 atom stereocenters. The van der Waals surface area contributed by atoms with Crippen molar-refractivity contribution in [2.45, 2.75) is 6.92 Å². The Morgan fingerprint density at radius 3 is 2.62 bits per heavy atom. The molecule has 2 rings (SSSR count). The monoisotopic (exact) mass is 217 g/mol. The molecule has 2 aromatic heterocycles. The van der Waals surface area contributed by atoms with E-state index in [-0.39, 0.29) is 0 Å². The highest BCUT2D eigenvalue weighted by molar-refractivity contribution is 5.62. The van der Waals surface area contributed by atoms with E-state index in [1.54, 1.807) is 25.4 Å². The maximum Gasteiger partial charge on any atom is 0.241 e. The lowest BCUT2D eigenvalue weighted by molar-refractivity contribution is 0.397. The molecule has 0 amide bonds. The molecule has 0 bridgehead atoms. The first-order valence-electron chi connectivity index (χ1n) is 4.67. The van der Waals surface area contributed by atoms with Crippen molar-refractivity contribution >= 4 is 5.82 Å². The third-order valence-corrected chi connectivity index (χ3v) is 1.96. The van der Waals surface area contributed by atoms with Crippen LogP contribution in [0, 0.1) is 6.92 Å². The fourth-order valence-electron chi connectivity index (χ4n) is 1.36. The number of hydrogen-bond donors (Lipinski definition) is 1. The van der Waals surface area contributed by atoms with E-state index in [4.69, 9.17) is 10.5 Å². The predicted octanol–water partition coefficient (Wildman–Crippen LogP) is 0.833. The molecule has 2 aromatic rings. The Morgan fingerprint density at radius 1 is 1.19 bits per heavy atom. The van der Waals surface area contributed by atoms with Crippen LogP contribution in [0.3, 0.4) is 0 Å². The molecule has 0 spiro atoms. The molecule has 16 heavy (non-hydrogen) atoms. The maximum absolute atomic E-state index is 5.65. The number of anilines is 1. The van der Waals surface area contributed by atoms with Gasteiger partial charge in [-0.05, 0) is 6.92 Å². The van der Waals surface area contributed by atoms with Crippen LogP contribution >= 0.6 is 0 Å². The number of ether oxygens (including phenoxy) is 1. The number of nitrogens with zero attached hydrogens (tertiary/aromatic N) is 4. The summed E-state index contributed by atoms with van der Waals surface area (Å²) < 4.78 is 5.10. The molecule has 0 saturated carbocycles. The minimum atomic E-state index is 0.398. The first kappa shape index (κ1) is 10.3. The average molecular weight is 217 g/mol. The van der Waals surface area contributed by atoms with Gasteiger partial charge in [0.2, 0.25) is 5.88 Å². The van der Waals surface area contributed by atoms with Gasteiger partial charge in [-0.2, -0.15) is 0 Å². The summed E-state index contributed by atoms with van der Waals surface area (Å²) >= 11 is 0. The standard InChI is InChI=1S/C10H11N5O/c1-6-14-7(5-8(11)15-6)9-10(16-2)13-4-3-12-9/h3-5H,1-2H3,(H2,11,14,15). The number of aryl methyl sites for hydroxylation is 1. The van der Waals surface area contributed by atoms with E-state index in [2.05, 4.69) is 19.9 Å². The van der Waals surface area contributed by atoms with Gasteiger partial charge in [-0.1, -0.05) is 0 Å². The molecule has 2 heterocycles. The summed E-state index contributed by atoms with van der Waals surface area (Å²) in [5.74, 6) is 1.40. The topological polar surface area (TPSA) is 86.8 Å². The Bertz CT molecular complexity index is 494. The van der Waals surface area contributed by atoms with E-state index in [1.165, 1.54) is 7.11 Å². The average Bonchev–Trinajstić information content (AvgIpc) is 2.27. The van der Waals surface area contributed by atoms with Crippen LogP contribution in [-0.2, 0) is 0 Å². The Hall–Kier alpha value is -2.24. The van der Waals surface area contributed by atoms with Crippen LogP contribution in [0.5, 0.6) is 5.88 Å². The summed E-state index contributed by atoms with van der Waals surface area (Å²) in [5, 5.41) is 0. The van der Waals surface area contributed by atoms with Crippen LogP contribution < -0.4 is 10.5 Å². The lowest BCUT2D eigenvalue weighted by Crippen LogP contribution is -2.00. The molecule has 0 saturated heterocycles. The Labute approximate surface area is 92.6 Å². The number of nitrogen functional groups attached to an aromatic ring is 1. The van der Waals surface area contributed by atoms with Crippen LogP contribution in [0.4, 0.5) is 5.82 Å². The highest BCUT2D eigenvalue weighted by Gasteiger charge is 2.10. The van der Waals surface area contributed by atoms with Crippen molar-refractivity contribution in [1.82, 2.24) is 19.9 Å². The van der Waals surface area contributed by atoms with Gasteiger partial charge in [0.25, 0.3) is 0 Å². The third kappa shape index (κ3) is 1.90. The molecule has 6 nitrogen and oxygen atoms in total. The summed E-state index contributed by atoms with van der Waals surface area (Å²) in [6, 6.07) is 1.64. The summed E-state index contributed by atoms with van der Waals surface area (Å²) in [6.07, 6.45) is 3.13. The molecular formula is C10H11N5O. The van der Waals surface area contributed by atoms with Crippen molar-refractivity contribution in [2.75, 3.05) is 12.8 Å². The van der Waals surface area contributed by atoms with Crippen molar-refractivity contribution in [2.24, 2.45) is 0 Å². The van der Waals surface area contributed by atoms with Gasteiger partial charge in [0.05, 0.1) is 7.11 Å². The molecule has 0 aliphatic carbocycles. The summed E-state index contributed by atoms with van der Waals surface area (Å²) in [7, 11) is 1.53. The molecule has 0 aromatic carbocycles. The fourth-order valence-corrected chi connectivity index (χ4v) is 1.36. The smallest absolute Gasteiger partial charge is 0.241 e. The lowest BCUT2D eigenvalue weighted by Gasteiger charge is -2.06. The van der Waals surface area contributed by atoms with Crippen LogP contribution in [0.25, 0.3) is 11.4 Å². The van der Waals surface area contributed by atoms with E-state index in [9.17, 15) is 0 Å². The van der Waals surface area contributed by atoms with Gasteiger partial charge in [0, 0.05) is 18.5 Å². The fraction of sp³-hybridized carbons (Fsp3) is 0.200. The number of hydrogen-bond acceptors (Lipinski definition) is 6. The highest BCUT2D eigenvalue weighted by Crippen LogP contribution is 2.23. The van der Waals surface area contributed by atoms with Gasteiger partial charge in [-0.15, -0.1) is 0 Å². The van der Waals surface area contributed by atoms with Gasteiger partial charge in [-0.3, -0.25) is 0 Å². The molecule has 6 heteroatoms. The molecule has 0 unspecified atom stereocenters. The number of methoxy groups -OCH3 is 1. The summed E-state index contributed by atoms with van der Waals surface area (Å²) in [5.41, 5.74) is 6.81. The van der Waals surface area contributed by atoms with E-state index < -0.39 is 0 Å². The molecule has 0 aliphatic rings. The van der Waals surface area contributed by atoms with Gasteiger partial charge < -0.3 is 10.5 Å². The molecule has 0 aliphatic heterocycles. The van der Waals surface area contributed by atoms with Gasteiger partial charge >= 0.3 is 0 Å². The zero-order valence-electron chi connectivity index (χ0n) is 9.01. The van der Waals surface area contributed by atoms with E-state index in [0.717, 1.165) is 0 Å². The first-order chi connectivity index (χ1) is 7.70. The maximum atomic E-state index is 5.65. The number of aromatic nitrogens is 4. The lowest BCUT2D eigenvalue weighted by atomic mass is 10.3. The van der Waals surface area contributed by atoms with Crippen LogP contribution in [0.1, 0.15) is 5.82 Å². The van der Waals surface area contributed by atoms with Gasteiger partial charge in [0.1, 0.15) is 17.3 Å². The molecular weight excluding hydrogens is 206 g/mol. The highest BCUT2D eigenvalue weighted by atomic mass is 16.5. The van der Waals surface area contributed by atoms with Crippen molar-refractivity contribution in [3.63, 3.8) is 0 Å². The minimum absolute atomic E-state index is 0.398. The van der Waals surface area contributed by atoms with E-state index in [1.807, 2.05) is 0 Å². The predicted molar refractivity (Wildman–Crippen MR) is 58.8 cm³/mol. The zero-order valence-corrected chi connectivity index (χ0v) is 9.01. The Morgan fingerprint density at radius 2 is 1.94 bits per heavy atom. The summed E-state index contributed by atoms with van der Waals surface area (Å²) in [6.45, 7) is 1.77. The zero-order chi connectivity index (χ0) is 11.5. The second kappa shape index (κ2) is 4.09. The second-order valence-electron chi connectivity index (χ2n) is 3.14. The number of nitrogens with two attached hydrogens (primary N) is 1. The van der Waals surface area contributed by atoms with Crippen molar-refractivity contribution < 1.29 is 4.74 Å². The van der Waals surface area contributed by atoms with Crippen molar-refractivity contribution in [3.8, 4) is 17.3 Å². The Kier molecular flexibility index (Phi) is 2.63. The van der Waals surface area contributed by atoms with E-state index >= 15 is 0 Å². The van der Waals surface area contributed by atoms with E-state index in [0.29, 0.717) is 28.9 Å².